The monoisotopic (exact) mass is 370 g/mol. The van der Waals surface area contributed by atoms with Crippen molar-refractivity contribution in [3.05, 3.63) is 0 Å². The number of nitrogens with zero attached hydrogens (tertiary/aromatic N) is 1. The first kappa shape index (κ1) is 22.3. The first-order valence-corrected chi connectivity index (χ1v) is 9.57. The van der Waals surface area contributed by atoms with Crippen LogP contribution in [0.2, 0.25) is 0 Å². The lowest BCUT2D eigenvalue weighted by atomic mass is 9.82. The molecule has 0 spiro atoms. The molecule has 0 saturated carbocycles. The number of piperidine rings is 1. The molecule has 1 saturated heterocycles. The highest BCUT2D eigenvalue weighted by atomic mass is 16.6. The number of ether oxygens (including phenoxy) is 1. The van der Waals surface area contributed by atoms with Gasteiger partial charge in [-0.25, -0.2) is 4.79 Å². The molecule has 0 aliphatic carbocycles. The van der Waals surface area contributed by atoms with Crippen LogP contribution in [0.4, 0.5) is 4.79 Å². The van der Waals surface area contributed by atoms with Crippen molar-refractivity contribution in [1.29, 1.82) is 0 Å². The van der Waals surface area contributed by atoms with Gasteiger partial charge in [0.05, 0.1) is 5.92 Å². The SMILES string of the molecule is CCC(CC)NC(=O)CC(C(=O)O)C1CCN(C(=O)OC(C)(C)C)CC1. The number of rotatable bonds is 7. The summed E-state index contributed by atoms with van der Waals surface area (Å²) in [4.78, 5) is 37.6. The van der Waals surface area contributed by atoms with Crippen LogP contribution < -0.4 is 5.32 Å². The van der Waals surface area contributed by atoms with E-state index in [1.54, 1.807) is 4.90 Å². The smallest absolute Gasteiger partial charge is 0.410 e. The molecule has 1 fully saturated rings. The number of carboxylic acids is 1. The second kappa shape index (κ2) is 9.78. The third-order valence-electron chi connectivity index (χ3n) is 4.83. The highest BCUT2D eigenvalue weighted by Crippen LogP contribution is 2.28. The van der Waals surface area contributed by atoms with Gasteiger partial charge in [0.15, 0.2) is 0 Å². The summed E-state index contributed by atoms with van der Waals surface area (Å²) in [6.07, 6.45) is 2.41. The fourth-order valence-corrected chi connectivity index (χ4v) is 3.25. The number of aliphatic carboxylic acids is 1. The summed E-state index contributed by atoms with van der Waals surface area (Å²) in [5.74, 6) is -1.98. The largest absolute Gasteiger partial charge is 0.481 e. The van der Waals surface area contributed by atoms with Gasteiger partial charge in [-0.3, -0.25) is 9.59 Å². The highest BCUT2D eigenvalue weighted by molar-refractivity contribution is 5.82. The van der Waals surface area contributed by atoms with E-state index in [-0.39, 0.29) is 30.4 Å². The number of likely N-dealkylation sites (tertiary alicyclic amines) is 1. The minimum Gasteiger partial charge on any atom is -0.481 e. The van der Waals surface area contributed by atoms with E-state index in [1.165, 1.54) is 0 Å². The topological polar surface area (TPSA) is 95.9 Å². The molecule has 1 aliphatic rings. The van der Waals surface area contributed by atoms with Gasteiger partial charge in [0.25, 0.3) is 0 Å². The van der Waals surface area contributed by atoms with Crippen molar-refractivity contribution in [1.82, 2.24) is 10.2 Å². The maximum absolute atomic E-state index is 12.2. The van der Waals surface area contributed by atoms with Crippen molar-refractivity contribution in [3.63, 3.8) is 0 Å². The van der Waals surface area contributed by atoms with Gasteiger partial charge in [0, 0.05) is 25.6 Å². The molecule has 0 aromatic heterocycles. The summed E-state index contributed by atoms with van der Waals surface area (Å²) in [5, 5.41) is 12.5. The van der Waals surface area contributed by atoms with E-state index in [0.29, 0.717) is 25.9 Å². The van der Waals surface area contributed by atoms with Crippen LogP contribution in [0, 0.1) is 11.8 Å². The molecule has 2 N–H and O–H groups in total. The molecular weight excluding hydrogens is 336 g/mol. The summed E-state index contributed by atoms with van der Waals surface area (Å²) >= 11 is 0. The standard InChI is InChI=1S/C19H34N2O5/c1-6-14(7-2)20-16(22)12-15(17(23)24)13-8-10-21(11-9-13)18(25)26-19(3,4)5/h13-15H,6-12H2,1-5H3,(H,20,22)(H,23,24). The number of carbonyl (C=O) groups excluding carboxylic acids is 2. The Bertz CT molecular complexity index is 489. The summed E-state index contributed by atoms with van der Waals surface area (Å²) in [5.41, 5.74) is -0.551. The molecule has 0 aromatic carbocycles. The van der Waals surface area contributed by atoms with Gasteiger partial charge in [-0.2, -0.15) is 0 Å². The Morgan fingerprint density at radius 2 is 1.69 bits per heavy atom. The summed E-state index contributed by atoms with van der Waals surface area (Å²) in [7, 11) is 0. The van der Waals surface area contributed by atoms with Crippen LogP contribution in [0.25, 0.3) is 0 Å². The average molecular weight is 370 g/mol. The quantitative estimate of drug-likeness (QED) is 0.718. The molecule has 0 radical (unpaired) electrons. The molecule has 1 unspecified atom stereocenters. The van der Waals surface area contributed by atoms with Crippen LogP contribution in [0.5, 0.6) is 0 Å². The molecule has 1 heterocycles. The average Bonchev–Trinajstić information content (AvgIpc) is 2.56. The summed E-state index contributed by atoms with van der Waals surface area (Å²) < 4.78 is 5.36. The Morgan fingerprint density at radius 3 is 2.12 bits per heavy atom. The first-order chi connectivity index (χ1) is 12.1. The van der Waals surface area contributed by atoms with Crippen LogP contribution in [0.15, 0.2) is 0 Å². The first-order valence-electron chi connectivity index (χ1n) is 9.57. The van der Waals surface area contributed by atoms with Gasteiger partial charge in [0.2, 0.25) is 5.91 Å². The maximum atomic E-state index is 12.2. The third-order valence-corrected chi connectivity index (χ3v) is 4.83. The number of carbonyl (C=O) groups is 3. The molecule has 150 valence electrons. The lowest BCUT2D eigenvalue weighted by Gasteiger charge is -2.35. The van der Waals surface area contributed by atoms with Crippen molar-refractivity contribution in [2.75, 3.05) is 13.1 Å². The number of carboxylic acid groups (broad SMARTS) is 1. The Hall–Kier alpha value is -1.79. The van der Waals surface area contributed by atoms with Crippen LogP contribution in [-0.2, 0) is 14.3 Å². The van der Waals surface area contributed by atoms with Gasteiger partial charge in [-0.1, -0.05) is 13.8 Å². The predicted octanol–water partition coefficient (Wildman–Crippen LogP) is 3.03. The Morgan fingerprint density at radius 1 is 1.15 bits per heavy atom. The zero-order valence-electron chi connectivity index (χ0n) is 16.7. The maximum Gasteiger partial charge on any atom is 0.410 e. The highest BCUT2D eigenvalue weighted by Gasteiger charge is 2.35. The van der Waals surface area contributed by atoms with E-state index < -0.39 is 17.5 Å². The number of hydrogen-bond donors (Lipinski definition) is 2. The minimum absolute atomic E-state index is 0.0110. The minimum atomic E-state index is -0.944. The van der Waals surface area contributed by atoms with Crippen molar-refractivity contribution in [2.45, 2.75) is 78.4 Å². The molecular formula is C19H34N2O5. The Balaban J connectivity index is 2.59. The number of amides is 2. The number of nitrogens with one attached hydrogen (secondary N) is 1. The molecule has 0 bridgehead atoms. The fourth-order valence-electron chi connectivity index (χ4n) is 3.25. The molecule has 26 heavy (non-hydrogen) atoms. The van der Waals surface area contributed by atoms with E-state index in [4.69, 9.17) is 4.74 Å². The van der Waals surface area contributed by atoms with E-state index in [9.17, 15) is 19.5 Å². The van der Waals surface area contributed by atoms with E-state index in [2.05, 4.69) is 5.32 Å². The van der Waals surface area contributed by atoms with Crippen molar-refractivity contribution < 1.29 is 24.2 Å². The van der Waals surface area contributed by atoms with Gasteiger partial charge >= 0.3 is 12.1 Å². The van der Waals surface area contributed by atoms with Crippen molar-refractivity contribution in [3.8, 4) is 0 Å². The van der Waals surface area contributed by atoms with Gasteiger partial charge in [0.1, 0.15) is 5.60 Å². The van der Waals surface area contributed by atoms with Crippen molar-refractivity contribution in [2.24, 2.45) is 11.8 Å². The second-order valence-corrected chi connectivity index (χ2v) is 8.03. The van der Waals surface area contributed by atoms with Crippen LogP contribution >= 0.6 is 0 Å². The molecule has 7 heteroatoms. The lowest BCUT2D eigenvalue weighted by molar-refractivity contribution is -0.147. The molecule has 0 aromatic rings. The molecule has 7 nitrogen and oxygen atoms in total. The van der Waals surface area contributed by atoms with Crippen LogP contribution in [-0.4, -0.2) is 52.7 Å². The van der Waals surface area contributed by atoms with Gasteiger partial charge < -0.3 is 20.1 Å². The summed E-state index contributed by atoms with van der Waals surface area (Å²) in [6, 6.07) is 0.0889. The Kier molecular flexibility index (Phi) is 8.37. The third kappa shape index (κ3) is 7.22. The van der Waals surface area contributed by atoms with E-state index in [0.717, 1.165) is 12.8 Å². The number of hydrogen-bond acceptors (Lipinski definition) is 4. The van der Waals surface area contributed by atoms with Crippen LogP contribution in [0.3, 0.4) is 0 Å². The fraction of sp³-hybridized carbons (Fsp3) is 0.842. The van der Waals surface area contributed by atoms with E-state index >= 15 is 0 Å². The van der Waals surface area contributed by atoms with Gasteiger partial charge in [-0.15, -0.1) is 0 Å². The van der Waals surface area contributed by atoms with Crippen molar-refractivity contribution >= 4 is 18.0 Å². The zero-order chi connectivity index (χ0) is 19.9. The zero-order valence-corrected chi connectivity index (χ0v) is 16.7. The van der Waals surface area contributed by atoms with E-state index in [1.807, 2.05) is 34.6 Å². The second-order valence-electron chi connectivity index (χ2n) is 8.03. The predicted molar refractivity (Wildman–Crippen MR) is 98.8 cm³/mol. The molecule has 1 rings (SSSR count). The van der Waals surface area contributed by atoms with Gasteiger partial charge in [-0.05, 0) is 52.4 Å². The van der Waals surface area contributed by atoms with Crippen LogP contribution in [0.1, 0.15) is 66.7 Å². The lowest BCUT2D eigenvalue weighted by Crippen LogP contribution is -2.44. The molecule has 1 atom stereocenters. The molecule has 1 aliphatic heterocycles. The normalized spacial score (nSPS) is 17.1. The Labute approximate surface area is 156 Å². The summed E-state index contributed by atoms with van der Waals surface area (Å²) in [6.45, 7) is 10.4. The molecule has 2 amide bonds.